The number of hydrogen-bond acceptors (Lipinski definition) is 10. The van der Waals surface area contributed by atoms with Crippen LogP contribution in [0.1, 0.15) is 16.2 Å². The fourth-order valence-corrected chi connectivity index (χ4v) is 3.26. The predicted molar refractivity (Wildman–Crippen MR) is 98.5 cm³/mol. The number of nitrogens with zero attached hydrogens (tertiary/aromatic N) is 2. The standard InChI is InChI=1S/C8H8BrNO3.C8H6BrNO3.Mn.2O/c2*9-7-5(4-11)10-3-6-8(7)13-2-1-12-6;;;/h3,11H,1-2,4H2;3-4H,1-2H2;;;. The van der Waals surface area contributed by atoms with Crippen LogP contribution in [-0.4, -0.2) is 47.8 Å². The number of aromatic nitrogens is 2. The fourth-order valence-electron chi connectivity index (χ4n) is 2.22. The van der Waals surface area contributed by atoms with Gasteiger partial charge in [0, 0.05) is 0 Å². The number of carbonyl (C=O) groups excluding carboxylic acids is 1. The summed E-state index contributed by atoms with van der Waals surface area (Å²) in [7, 11) is 0. The van der Waals surface area contributed by atoms with E-state index in [1.807, 2.05) is 0 Å². The number of aliphatic hydroxyl groups excluding tert-OH is 1. The monoisotopic (exact) mass is 575 g/mol. The van der Waals surface area contributed by atoms with Gasteiger partial charge in [0.05, 0.1) is 33.6 Å². The number of halogens is 2. The summed E-state index contributed by atoms with van der Waals surface area (Å²) in [5.74, 6) is 2.38. The maximum atomic E-state index is 10.5. The molecule has 29 heavy (non-hydrogen) atoms. The van der Waals surface area contributed by atoms with E-state index in [0.717, 1.165) is 0 Å². The van der Waals surface area contributed by atoms with E-state index in [4.69, 9.17) is 31.7 Å². The van der Waals surface area contributed by atoms with Crippen LogP contribution < -0.4 is 18.9 Å². The first-order valence-electron chi connectivity index (χ1n) is 7.89. The van der Waals surface area contributed by atoms with E-state index < -0.39 is 14.8 Å². The number of hydrogen-bond donors (Lipinski definition) is 1. The SMILES string of the molecule is O=Cc1ncc2c(c1Br)OCCO2.OCc1ncc2c(c1Br)OCCO2.[O]=[Mn]=[O]. The summed E-state index contributed by atoms with van der Waals surface area (Å²) >= 11 is 5.09. The van der Waals surface area contributed by atoms with Gasteiger partial charge in [-0.2, -0.15) is 0 Å². The molecule has 157 valence electrons. The maximum absolute atomic E-state index is 10.5. The zero-order valence-corrected chi connectivity index (χ0v) is 19.0. The summed E-state index contributed by atoms with van der Waals surface area (Å²) in [6.45, 7) is 1.97. The van der Waals surface area contributed by atoms with Gasteiger partial charge in [0.15, 0.2) is 29.3 Å². The molecule has 0 aromatic carbocycles. The number of fused-ring (bicyclic) bond motifs is 2. The Balaban J connectivity index is 0.000000183. The van der Waals surface area contributed by atoms with Crippen molar-refractivity contribution in [2.24, 2.45) is 0 Å². The van der Waals surface area contributed by atoms with Gasteiger partial charge in [0.2, 0.25) is 0 Å². The van der Waals surface area contributed by atoms with Crippen molar-refractivity contribution >= 4 is 38.1 Å². The first kappa shape index (κ1) is 23.5. The Bertz CT molecular complexity index is 909. The molecule has 2 aliphatic heterocycles. The molecule has 2 aliphatic rings. The van der Waals surface area contributed by atoms with Crippen molar-refractivity contribution in [1.29, 1.82) is 0 Å². The zero-order valence-electron chi connectivity index (χ0n) is 14.6. The molecule has 4 rings (SSSR count). The summed E-state index contributed by atoms with van der Waals surface area (Å²) in [5, 5.41) is 8.93. The first-order chi connectivity index (χ1) is 14.1. The van der Waals surface area contributed by atoms with Crippen molar-refractivity contribution in [2.45, 2.75) is 6.61 Å². The third-order valence-corrected chi connectivity index (χ3v) is 5.00. The quantitative estimate of drug-likeness (QED) is 0.419. The van der Waals surface area contributed by atoms with Gasteiger partial charge < -0.3 is 24.1 Å². The van der Waals surface area contributed by atoms with Crippen LogP contribution >= 0.6 is 31.9 Å². The third kappa shape index (κ3) is 6.09. The van der Waals surface area contributed by atoms with E-state index in [-0.39, 0.29) is 6.61 Å². The van der Waals surface area contributed by atoms with E-state index in [1.165, 1.54) is 6.20 Å². The Labute approximate surface area is 187 Å². The molecular weight excluding hydrogens is 563 g/mol. The van der Waals surface area contributed by atoms with Gasteiger partial charge in [-0.25, -0.2) is 4.98 Å². The van der Waals surface area contributed by atoms with Gasteiger partial charge in [-0.1, -0.05) is 0 Å². The molecule has 0 atom stereocenters. The molecule has 1 N–H and O–H groups in total. The molecule has 2 aromatic heterocycles. The molecule has 0 amide bonds. The number of pyridine rings is 2. The van der Waals surface area contributed by atoms with E-state index in [9.17, 15) is 4.79 Å². The second-order valence-corrected chi connectivity index (χ2v) is 6.88. The average molecular weight is 577 g/mol. The van der Waals surface area contributed by atoms with Crippen LogP contribution in [-0.2, 0) is 29.1 Å². The Morgan fingerprint density at radius 1 is 0.931 bits per heavy atom. The summed E-state index contributed by atoms with van der Waals surface area (Å²) in [5.41, 5.74) is 0.883. The average Bonchev–Trinajstić information content (AvgIpc) is 2.76. The third-order valence-electron chi connectivity index (χ3n) is 3.42. The minimum absolute atomic E-state index is 0.114. The summed E-state index contributed by atoms with van der Waals surface area (Å²) in [4.78, 5) is 18.4. The molecule has 0 fully saturated rings. The molecule has 10 nitrogen and oxygen atoms in total. The van der Waals surface area contributed by atoms with Gasteiger partial charge in [0.25, 0.3) is 0 Å². The van der Waals surface area contributed by atoms with Crippen LogP contribution in [0.3, 0.4) is 0 Å². The molecule has 2 aromatic rings. The molecule has 4 heterocycles. The van der Waals surface area contributed by atoms with Crippen molar-refractivity contribution in [3.63, 3.8) is 0 Å². The summed E-state index contributed by atoms with van der Waals surface area (Å²) < 4.78 is 39.3. The van der Waals surface area contributed by atoms with Gasteiger partial charge in [0.1, 0.15) is 32.1 Å². The van der Waals surface area contributed by atoms with Crippen LogP contribution in [0, 0.1) is 0 Å². The van der Waals surface area contributed by atoms with Crippen molar-refractivity contribution < 1.29 is 51.3 Å². The van der Waals surface area contributed by atoms with Crippen LogP contribution in [0.15, 0.2) is 21.3 Å². The van der Waals surface area contributed by atoms with E-state index in [1.54, 1.807) is 6.20 Å². The number of carbonyl (C=O) groups is 1. The molecule has 0 saturated carbocycles. The molecule has 0 spiro atoms. The van der Waals surface area contributed by atoms with Crippen molar-refractivity contribution in [3.8, 4) is 23.0 Å². The predicted octanol–water partition coefficient (Wildman–Crippen LogP) is 2.30. The second-order valence-electron chi connectivity index (χ2n) is 5.10. The normalized spacial score (nSPS) is 13.1. The first-order valence-corrected chi connectivity index (χ1v) is 10.4. The van der Waals surface area contributed by atoms with Gasteiger partial charge in [-0.05, 0) is 31.9 Å². The number of ether oxygens (including phenoxy) is 4. The van der Waals surface area contributed by atoms with Crippen molar-refractivity contribution in [1.82, 2.24) is 9.97 Å². The minimum atomic E-state index is -1.44. The molecule has 0 aliphatic carbocycles. The second kappa shape index (κ2) is 12.0. The molecule has 0 saturated heterocycles. The Morgan fingerprint density at radius 2 is 1.41 bits per heavy atom. The van der Waals surface area contributed by atoms with E-state index in [0.29, 0.717) is 76.0 Å². The molecule has 0 unspecified atom stereocenters. The van der Waals surface area contributed by atoms with Crippen LogP contribution in [0.2, 0.25) is 0 Å². The van der Waals surface area contributed by atoms with E-state index >= 15 is 0 Å². The van der Waals surface area contributed by atoms with Crippen molar-refractivity contribution in [3.05, 3.63) is 32.7 Å². The van der Waals surface area contributed by atoms with Crippen molar-refractivity contribution in [2.75, 3.05) is 26.4 Å². The number of rotatable bonds is 2. The Kier molecular flexibility index (Phi) is 9.74. The Hall–Kier alpha value is -1.79. The number of aldehydes is 1. The summed E-state index contributed by atoms with van der Waals surface area (Å²) in [6, 6.07) is 0. The summed E-state index contributed by atoms with van der Waals surface area (Å²) in [6.07, 6.45) is 3.72. The topological polar surface area (TPSA) is 134 Å². The van der Waals surface area contributed by atoms with Gasteiger partial charge in [-0.15, -0.1) is 0 Å². The van der Waals surface area contributed by atoms with Crippen LogP contribution in [0.25, 0.3) is 0 Å². The Morgan fingerprint density at radius 3 is 1.93 bits per heavy atom. The van der Waals surface area contributed by atoms with Crippen LogP contribution in [0.5, 0.6) is 23.0 Å². The van der Waals surface area contributed by atoms with E-state index in [2.05, 4.69) is 41.8 Å². The molecule has 0 bridgehead atoms. The molecule has 0 radical (unpaired) electrons. The zero-order chi connectivity index (χ0) is 21.2. The molecular formula is C16H14Br2MnN2O8. The molecule has 13 heteroatoms. The fraction of sp³-hybridized carbons (Fsp3) is 0.312. The van der Waals surface area contributed by atoms with Crippen LogP contribution in [0.4, 0.5) is 0 Å². The van der Waals surface area contributed by atoms with Gasteiger partial charge >= 0.3 is 22.5 Å². The number of aliphatic hydroxyl groups is 1. The van der Waals surface area contributed by atoms with Gasteiger partial charge in [-0.3, -0.25) is 9.78 Å².